The number of carbonyl (C=O) groups excluding carboxylic acids is 2. The Morgan fingerprint density at radius 1 is 1.44 bits per heavy atom. The van der Waals surface area contributed by atoms with Gasteiger partial charge in [-0.25, -0.2) is 0 Å². The molecule has 0 aliphatic rings. The standard InChI is InChI=1S/C12H16N2O4/c1-8(6-15)14-11(16)7-18-10-5-3-2-4-9(10)12(13)17/h2-5,8,15H,6-7H2,1H3,(H2,13,17)(H,14,16)/t8-/m1/s1. The van der Waals surface area contributed by atoms with Crippen LogP contribution in [0.25, 0.3) is 0 Å². The van der Waals surface area contributed by atoms with Crippen LogP contribution >= 0.6 is 0 Å². The van der Waals surface area contributed by atoms with Crippen molar-refractivity contribution in [3.63, 3.8) is 0 Å². The highest BCUT2D eigenvalue weighted by Gasteiger charge is 2.11. The molecule has 1 atom stereocenters. The van der Waals surface area contributed by atoms with Crippen molar-refractivity contribution in [1.82, 2.24) is 5.32 Å². The topological polar surface area (TPSA) is 102 Å². The average molecular weight is 252 g/mol. The van der Waals surface area contributed by atoms with E-state index in [0.29, 0.717) is 0 Å². The first kappa shape index (κ1) is 14.0. The molecule has 0 radical (unpaired) electrons. The number of amides is 2. The molecule has 6 nitrogen and oxygen atoms in total. The van der Waals surface area contributed by atoms with E-state index >= 15 is 0 Å². The Kier molecular flexibility index (Phi) is 5.13. The molecule has 0 aliphatic heterocycles. The Morgan fingerprint density at radius 3 is 2.72 bits per heavy atom. The average Bonchev–Trinajstić information content (AvgIpc) is 2.36. The number of hydrogen-bond acceptors (Lipinski definition) is 4. The summed E-state index contributed by atoms with van der Waals surface area (Å²) in [5.41, 5.74) is 5.39. The first-order valence-electron chi connectivity index (χ1n) is 5.46. The van der Waals surface area contributed by atoms with E-state index in [4.69, 9.17) is 15.6 Å². The fraction of sp³-hybridized carbons (Fsp3) is 0.333. The molecule has 0 saturated carbocycles. The summed E-state index contributed by atoms with van der Waals surface area (Å²) in [5.74, 6) is -0.734. The summed E-state index contributed by atoms with van der Waals surface area (Å²) < 4.78 is 5.21. The summed E-state index contributed by atoms with van der Waals surface area (Å²) in [6.07, 6.45) is 0. The summed E-state index contributed by atoms with van der Waals surface area (Å²) in [6.45, 7) is 1.27. The van der Waals surface area contributed by atoms with E-state index in [0.717, 1.165) is 0 Å². The Bertz CT molecular complexity index is 434. The number of hydrogen-bond donors (Lipinski definition) is 3. The molecular weight excluding hydrogens is 236 g/mol. The molecule has 4 N–H and O–H groups in total. The quantitative estimate of drug-likeness (QED) is 0.644. The highest BCUT2D eigenvalue weighted by atomic mass is 16.5. The van der Waals surface area contributed by atoms with E-state index in [2.05, 4.69) is 5.32 Å². The second-order valence-corrected chi connectivity index (χ2v) is 3.80. The van der Waals surface area contributed by atoms with E-state index in [1.54, 1.807) is 25.1 Å². The van der Waals surface area contributed by atoms with Crippen LogP contribution < -0.4 is 15.8 Å². The molecule has 0 saturated heterocycles. The highest BCUT2D eigenvalue weighted by molar-refractivity contribution is 5.95. The van der Waals surface area contributed by atoms with E-state index in [1.165, 1.54) is 6.07 Å². The summed E-state index contributed by atoms with van der Waals surface area (Å²) in [4.78, 5) is 22.5. The number of primary amides is 1. The molecule has 0 aromatic heterocycles. The van der Waals surface area contributed by atoms with Crippen molar-refractivity contribution in [3.8, 4) is 5.75 Å². The molecule has 0 spiro atoms. The number of para-hydroxylation sites is 1. The van der Waals surface area contributed by atoms with Gasteiger partial charge in [0.2, 0.25) is 0 Å². The molecule has 98 valence electrons. The molecule has 0 fully saturated rings. The highest BCUT2D eigenvalue weighted by Crippen LogP contribution is 2.16. The summed E-state index contributed by atoms with van der Waals surface area (Å²) >= 11 is 0. The molecule has 6 heteroatoms. The van der Waals surface area contributed by atoms with Gasteiger partial charge in [0.1, 0.15) is 5.75 Å². The minimum atomic E-state index is -0.616. The zero-order valence-corrected chi connectivity index (χ0v) is 10.1. The van der Waals surface area contributed by atoms with Gasteiger partial charge in [-0.2, -0.15) is 0 Å². The van der Waals surface area contributed by atoms with Crippen LogP contribution in [-0.2, 0) is 4.79 Å². The third-order valence-corrected chi connectivity index (χ3v) is 2.19. The maximum absolute atomic E-state index is 11.4. The summed E-state index contributed by atoms with van der Waals surface area (Å²) in [5, 5.41) is 11.3. The van der Waals surface area contributed by atoms with Gasteiger partial charge in [-0.05, 0) is 19.1 Å². The van der Waals surface area contributed by atoms with Crippen LogP contribution in [0.4, 0.5) is 0 Å². The Labute approximate surface area is 105 Å². The lowest BCUT2D eigenvalue weighted by Crippen LogP contribution is -2.38. The SMILES string of the molecule is C[C@H](CO)NC(=O)COc1ccccc1C(N)=O. The van der Waals surface area contributed by atoms with Crippen molar-refractivity contribution >= 4 is 11.8 Å². The summed E-state index contributed by atoms with van der Waals surface area (Å²) in [7, 11) is 0. The van der Waals surface area contributed by atoms with Crippen LogP contribution in [-0.4, -0.2) is 36.2 Å². The van der Waals surface area contributed by atoms with Crippen LogP contribution in [0.1, 0.15) is 17.3 Å². The van der Waals surface area contributed by atoms with Gasteiger partial charge in [-0.1, -0.05) is 12.1 Å². The predicted molar refractivity (Wildman–Crippen MR) is 65.1 cm³/mol. The molecule has 0 heterocycles. The minimum Gasteiger partial charge on any atom is -0.483 e. The van der Waals surface area contributed by atoms with Gasteiger partial charge in [-0.15, -0.1) is 0 Å². The van der Waals surface area contributed by atoms with E-state index in [1.807, 2.05) is 0 Å². The number of nitrogens with one attached hydrogen (secondary N) is 1. The first-order chi connectivity index (χ1) is 8.54. The van der Waals surface area contributed by atoms with E-state index in [9.17, 15) is 9.59 Å². The van der Waals surface area contributed by atoms with Gasteiger partial charge in [0.25, 0.3) is 11.8 Å². The Hall–Kier alpha value is -2.08. The number of aliphatic hydroxyl groups is 1. The third kappa shape index (κ3) is 4.06. The van der Waals surface area contributed by atoms with Gasteiger partial charge in [0, 0.05) is 6.04 Å². The van der Waals surface area contributed by atoms with E-state index in [-0.39, 0.29) is 36.5 Å². The molecule has 18 heavy (non-hydrogen) atoms. The number of ether oxygens (including phenoxy) is 1. The zero-order chi connectivity index (χ0) is 13.5. The smallest absolute Gasteiger partial charge is 0.258 e. The Balaban J connectivity index is 2.58. The van der Waals surface area contributed by atoms with Crippen LogP contribution in [0.15, 0.2) is 24.3 Å². The monoisotopic (exact) mass is 252 g/mol. The van der Waals surface area contributed by atoms with Crippen LogP contribution in [0, 0.1) is 0 Å². The maximum Gasteiger partial charge on any atom is 0.258 e. The van der Waals surface area contributed by atoms with Crippen molar-refractivity contribution in [2.45, 2.75) is 13.0 Å². The molecule has 1 aromatic carbocycles. The maximum atomic E-state index is 11.4. The predicted octanol–water partition coefficient (Wildman–Crippen LogP) is -0.339. The normalized spacial score (nSPS) is 11.7. The fourth-order valence-electron chi connectivity index (χ4n) is 1.30. The van der Waals surface area contributed by atoms with Crippen molar-refractivity contribution in [2.24, 2.45) is 5.73 Å². The molecule has 0 aliphatic carbocycles. The van der Waals surface area contributed by atoms with Crippen LogP contribution in [0.3, 0.4) is 0 Å². The lowest BCUT2D eigenvalue weighted by Gasteiger charge is -2.12. The van der Waals surface area contributed by atoms with Gasteiger partial charge in [0.15, 0.2) is 6.61 Å². The fourth-order valence-corrected chi connectivity index (χ4v) is 1.30. The van der Waals surface area contributed by atoms with Gasteiger partial charge in [-0.3, -0.25) is 9.59 Å². The van der Waals surface area contributed by atoms with Crippen molar-refractivity contribution in [3.05, 3.63) is 29.8 Å². The number of aliphatic hydroxyl groups excluding tert-OH is 1. The zero-order valence-electron chi connectivity index (χ0n) is 10.1. The van der Waals surface area contributed by atoms with Crippen LogP contribution in [0.2, 0.25) is 0 Å². The van der Waals surface area contributed by atoms with Crippen molar-refractivity contribution in [1.29, 1.82) is 0 Å². The number of benzene rings is 1. The van der Waals surface area contributed by atoms with Crippen LogP contribution in [0.5, 0.6) is 5.75 Å². The first-order valence-corrected chi connectivity index (χ1v) is 5.46. The number of nitrogens with two attached hydrogens (primary N) is 1. The van der Waals surface area contributed by atoms with Gasteiger partial charge >= 0.3 is 0 Å². The van der Waals surface area contributed by atoms with E-state index < -0.39 is 5.91 Å². The molecule has 0 bridgehead atoms. The molecule has 0 unspecified atom stereocenters. The lowest BCUT2D eigenvalue weighted by atomic mass is 10.2. The van der Waals surface area contributed by atoms with Crippen molar-refractivity contribution in [2.75, 3.05) is 13.2 Å². The second-order valence-electron chi connectivity index (χ2n) is 3.80. The summed E-state index contributed by atoms with van der Waals surface area (Å²) in [6, 6.07) is 6.07. The molecular formula is C12H16N2O4. The molecule has 1 aromatic rings. The van der Waals surface area contributed by atoms with Gasteiger partial charge < -0.3 is 20.9 Å². The van der Waals surface area contributed by atoms with Gasteiger partial charge in [0.05, 0.1) is 12.2 Å². The molecule has 1 rings (SSSR count). The second kappa shape index (κ2) is 6.61. The van der Waals surface area contributed by atoms with Crippen molar-refractivity contribution < 1.29 is 19.4 Å². The number of rotatable bonds is 6. The third-order valence-electron chi connectivity index (χ3n) is 2.19. The number of carbonyl (C=O) groups is 2. The largest absolute Gasteiger partial charge is 0.483 e. The molecule has 2 amide bonds. The minimum absolute atomic E-state index is 0.149. The lowest BCUT2D eigenvalue weighted by molar-refractivity contribution is -0.124. The Morgan fingerprint density at radius 2 is 2.11 bits per heavy atom.